The van der Waals surface area contributed by atoms with Crippen LogP contribution in [0, 0.1) is 5.82 Å². The number of anilines is 2. The van der Waals surface area contributed by atoms with Crippen molar-refractivity contribution in [2.45, 2.75) is 44.9 Å². The zero-order chi connectivity index (χ0) is 32.1. The zero-order valence-electron chi connectivity index (χ0n) is 25.1. The van der Waals surface area contributed by atoms with Crippen molar-refractivity contribution in [3.63, 3.8) is 0 Å². The first-order valence-corrected chi connectivity index (χ1v) is 14.7. The molecule has 1 aliphatic heterocycles. The number of ether oxygens (including phenoxy) is 1. The molecule has 5 N–H and O–H groups in total. The second kappa shape index (κ2) is 13.6. The lowest BCUT2D eigenvalue weighted by Crippen LogP contribution is -2.51. The highest BCUT2D eigenvalue weighted by Gasteiger charge is 2.30. The van der Waals surface area contributed by atoms with Gasteiger partial charge in [0.05, 0.1) is 23.5 Å². The third-order valence-electron chi connectivity index (χ3n) is 7.41. The van der Waals surface area contributed by atoms with Crippen LogP contribution in [0.5, 0.6) is 0 Å². The van der Waals surface area contributed by atoms with Gasteiger partial charge in [0.25, 0.3) is 5.91 Å². The van der Waals surface area contributed by atoms with Gasteiger partial charge in [-0.2, -0.15) is 0 Å². The fourth-order valence-electron chi connectivity index (χ4n) is 5.34. The van der Waals surface area contributed by atoms with Gasteiger partial charge in [-0.25, -0.2) is 14.2 Å². The number of esters is 1. The summed E-state index contributed by atoms with van der Waals surface area (Å²) in [6, 6.07) is 17.2. The molecule has 232 valence electrons. The number of halogens is 1. The normalized spacial score (nSPS) is 16.3. The van der Waals surface area contributed by atoms with E-state index in [4.69, 9.17) is 16.2 Å². The minimum Gasteiger partial charge on any atom is -0.457 e. The van der Waals surface area contributed by atoms with Crippen LogP contribution in [0.25, 0.3) is 11.3 Å². The monoisotopic (exact) mass is 610 g/mol. The maximum absolute atomic E-state index is 14.9. The van der Waals surface area contributed by atoms with Crippen LogP contribution in [0.4, 0.5) is 15.8 Å². The van der Waals surface area contributed by atoms with Gasteiger partial charge >= 0.3 is 5.97 Å². The number of nitrogen functional groups attached to an aromatic ring is 1. The van der Waals surface area contributed by atoms with Crippen LogP contribution in [0.1, 0.15) is 57.0 Å². The number of aromatic nitrogens is 2. The third-order valence-corrected chi connectivity index (χ3v) is 7.41. The molecule has 0 radical (unpaired) electrons. The Morgan fingerprint density at radius 1 is 1.04 bits per heavy atom. The van der Waals surface area contributed by atoms with Crippen molar-refractivity contribution in [2.75, 3.05) is 23.7 Å². The smallest absolute Gasteiger partial charge is 0.338 e. The number of Topliss-reactive ketones (excluding diaryl/α,β-unsaturated/α-hetero) is 1. The molecular weight excluding hydrogens is 575 g/mol. The maximum Gasteiger partial charge on any atom is 0.338 e. The van der Waals surface area contributed by atoms with Gasteiger partial charge in [-0.1, -0.05) is 18.2 Å². The maximum atomic E-state index is 14.9. The first kappa shape index (κ1) is 31.3. The summed E-state index contributed by atoms with van der Waals surface area (Å²) in [6.07, 6.45) is 3.16. The molecule has 0 bridgehead atoms. The van der Waals surface area contributed by atoms with Gasteiger partial charge in [-0.15, -0.1) is 0 Å². The second-order valence-electron chi connectivity index (χ2n) is 11.4. The van der Waals surface area contributed by atoms with Gasteiger partial charge in [0.1, 0.15) is 17.6 Å². The largest absolute Gasteiger partial charge is 0.457 e. The van der Waals surface area contributed by atoms with E-state index in [-0.39, 0.29) is 52.6 Å². The molecule has 2 aromatic carbocycles. The summed E-state index contributed by atoms with van der Waals surface area (Å²) in [5, 5.41) is 2.78. The fourth-order valence-corrected chi connectivity index (χ4v) is 5.34. The van der Waals surface area contributed by atoms with Crippen LogP contribution in [-0.4, -0.2) is 58.9 Å². The number of ketones is 1. The average molecular weight is 611 g/mol. The number of piperidine rings is 1. The highest BCUT2D eigenvalue weighted by Crippen LogP contribution is 2.28. The number of nitrogens with zero attached hydrogens (tertiary/aromatic N) is 3. The minimum atomic E-state index is -0.592. The number of nitrogens with two attached hydrogens (primary N) is 2. The lowest BCUT2D eigenvalue weighted by Gasteiger charge is -2.38. The van der Waals surface area contributed by atoms with E-state index >= 15 is 0 Å². The van der Waals surface area contributed by atoms with Crippen LogP contribution in [0.2, 0.25) is 0 Å². The number of benzene rings is 2. The van der Waals surface area contributed by atoms with E-state index in [1.807, 2.05) is 24.8 Å². The number of pyridine rings is 2. The van der Waals surface area contributed by atoms with Crippen molar-refractivity contribution in [3.05, 3.63) is 107 Å². The van der Waals surface area contributed by atoms with E-state index in [1.165, 1.54) is 30.3 Å². The summed E-state index contributed by atoms with van der Waals surface area (Å²) in [7, 11) is 0. The molecule has 1 amide bonds. The molecule has 4 aromatic rings. The Bertz CT molecular complexity index is 1710. The van der Waals surface area contributed by atoms with E-state index < -0.39 is 23.7 Å². The van der Waals surface area contributed by atoms with Crippen molar-refractivity contribution in [2.24, 2.45) is 5.73 Å². The van der Waals surface area contributed by atoms with Gasteiger partial charge in [0, 0.05) is 66.2 Å². The Hall–Kier alpha value is -5.16. The predicted molar refractivity (Wildman–Crippen MR) is 169 cm³/mol. The third kappa shape index (κ3) is 7.50. The van der Waals surface area contributed by atoms with Crippen LogP contribution in [0.15, 0.2) is 79.1 Å². The minimum absolute atomic E-state index is 0.0243. The first-order chi connectivity index (χ1) is 21.6. The van der Waals surface area contributed by atoms with E-state index in [2.05, 4.69) is 15.3 Å². The summed E-state index contributed by atoms with van der Waals surface area (Å²) in [5.74, 6) is -1.77. The Morgan fingerprint density at radius 2 is 1.82 bits per heavy atom. The molecule has 10 nitrogen and oxygen atoms in total. The highest BCUT2D eigenvalue weighted by molar-refractivity contribution is 6.01. The number of hydrogen-bond donors (Lipinski definition) is 3. The Labute approximate surface area is 260 Å². The first-order valence-electron chi connectivity index (χ1n) is 14.7. The lowest BCUT2D eigenvalue weighted by atomic mass is 9.99. The molecule has 0 spiro atoms. The van der Waals surface area contributed by atoms with Crippen molar-refractivity contribution in [1.82, 2.24) is 15.3 Å². The van der Waals surface area contributed by atoms with Crippen LogP contribution < -0.4 is 21.7 Å². The molecule has 3 heterocycles. The standard InChI is InChI=1S/C34H35FN6O4/c1-20(2)39-33(43)22-8-9-27(35)26(14-22)29-11-10-28(37)32(40-29)31(42)15-23-17-38-13-12-30(23)41-18-24(36)16-25(19-41)45-34(44)21-6-4-3-5-7-21/h3-14,17,20,24-25H,15-16,18-19,36-37H2,1-2H3,(H,39,43)/t24-,25-/m0/s1. The molecular formula is C34H35FN6O4. The molecule has 0 unspecified atom stereocenters. The topological polar surface area (TPSA) is 154 Å². The molecule has 0 aliphatic carbocycles. The zero-order valence-corrected chi connectivity index (χ0v) is 25.1. The van der Waals surface area contributed by atoms with Gasteiger partial charge in [0.15, 0.2) is 5.78 Å². The number of hydrogen-bond acceptors (Lipinski definition) is 9. The molecule has 0 saturated carbocycles. The van der Waals surface area contributed by atoms with E-state index in [0.29, 0.717) is 30.6 Å². The number of nitrogens with one attached hydrogen (secondary N) is 1. The summed E-state index contributed by atoms with van der Waals surface area (Å²) in [4.78, 5) is 49.5. The van der Waals surface area contributed by atoms with Crippen molar-refractivity contribution in [1.29, 1.82) is 0 Å². The fraction of sp³-hybridized carbons (Fsp3) is 0.265. The van der Waals surface area contributed by atoms with Gasteiger partial charge in [-0.05, 0) is 62.4 Å². The molecule has 1 aliphatic rings. The summed E-state index contributed by atoms with van der Waals surface area (Å²) >= 11 is 0. The molecule has 2 aromatic heterocycles. The van der Waals surface area contributed by atoms with Gasteiger partial charge in [-0.3, -0.25) is 14.6 Å². The van der Waals surface area contributed by atoms with Crippen LogP contribution in [-0.2, 0) is 11.2 Å². The van der Waals surface area contributed by atoms with Crippen LogP contribution >= 0.6 is 0 Å². The van der Waals surface area contributed by atoms with Crippen molar-refractivity contribution < 1.29 is 23.5 Å². The average Bonchev–Trinajstić information content (AvgIpc) is 3.01. The van der Waals surface area contributed by atoms with Gasteiger partial charge in [0.2, 0.25) is 0 Å². The van der Waals surface area contributed by atoms with Crippen LogP contribution in [0.3, 0.4) is 0 Å². The molecule has 1 fully saturated rings. The molecule has 11 heteroatoms. The Kier molecular flexibility index (Phi) is 9.48. The highest BCUT2D eigenvalue weighted by atomic mass is 19.1. The van der Waals surface area contributed by atoms with Gasteiger partial charge < -0.3 is 26.4 Å². The second-order valence-corrected chi connectivity index (χ2v) is 11.4. The van der Waals surface area contributed by atoms with E-state index in [1.54, 1.807) is 42.7 Å². The van der Waals surface area contributed by atoms with E-state index in [9.17, 15) is 18.8 Å². The molecule has 2 atom stereocenters. The summed E-state index contributed by atoms with van der Waals surface area (Å²) < 4.78 is 20.7. The molecule has 5 rings (SSSR count). The van der Waals surface area contributed by atoms with E-state index in [0.717, 1.165) is 5.69 Å². The molecule has 1 saturated heterocycles. The van der Waals surface area contributed by atoms with Crippen molar-refractivity contribution in [3.8, 4) is 11.3 Å². The number of carbonyl (C=O) groups is 3. The number of amides is 1. The number of carbonyl (C=O) groups excluding carboxylic acids is 3. The lowest BCUT2D eigenvalue weighted by molar-refractivity contribution is 0.0255. The van der Waals surface area contributed by atoms with Crippen molar-refractivity contribution >= 4 is 29.0 Å². The number of rotatable bonds is 9. The Morgan fingerprint density at radius 3 is 2.58 bits per heavy atom. The Balaban J connectivity index is 1.36. The SMILES string of the molecule is CC(C)NC(=O)c1ccc(F)c(-c2ccc(N)c(C(=O)Cc3cnccc3N3C[C@@H](N)C[C@H](OC(=O)c4ccccc4)C3)n2)c1. The summed E-state index contributed by atoms with van der Waals surface area (Å²) in [6.45, 7) is 4.52. The summed E-state index contributed by atoms with van der Waals surface area (Å²) in [5.41, 5.74) is 14.9. The predicted octanol–water partition coefficient (Wildman–Crippen LogP) is 4.19. The molecule has 45 heavy (non-hydrogen) atoms. The quantitative estimate of drug-likeness (QED) is 0.187.